The number of nitrogens with one attached hydrogen (secondary N) is 2. The van der Waals surface area contributed by atoms with Gasteiger partial charge in [-0.3, -0.25) is 9.59 Å². The molecule has 1 heterocycles. The van der Waals surface area contributed by atoms with Crippen LogP contribution in [0.15, 0.2) is 53.3 Å². The third-order valence-corrected chi connectivity index (χ3v) is 4.07. The average Bonchev–Trinajstić information content (AvgIpc) is 2.54. The summed E-state index contributed by atoms with van der Waals surface area (Å²) < 4.78 is 0. The highest BCUT2D eigenvalue weighted by Crippen LogP contribution is 2.22. The number of hydrogen-bond donors (Lipinski definition) is 3. The molecule has 122 valence electrons. The Morgan fingerprint density at radius 1 is 1.21 bits per heavy atom. The number of carbonyl (C=O) groups excluding carboxylic acids is 1. The summed E-state index contributed by atoms with van der Waals surface area (Å²) in [6.07, 6.45) is 0. The number of H-pyrrole nitrogens is 1. The number of rotatable bonds is 4. The molecule has 1 amide bonds. The Hall–Kier alpha value is -2.79. The topological polar surface area (TPSA) is 88.0 Å². The van der Waals surface area contributed by atoms with E-state index in [0.717, 1.165) is 10.9 Å². The van der Waals surface area contributed by atoms with Crippen molar-refractivity contribution in [3.63, 3.8) is 0 Å². The number of halogens is 1. The number of amides is 1. The van der Waals surface area contributed by atoms with Crippen molar-refractivity contribution in [1.82, 2.24) is 4.98 Å². The number of aromatic nitrogens is 1. The van der Waals surface area contributed by atoms with Crippen molar-refractivity contribution in [3.05, 3.63) is 75.0 Å². The van der Waals surface area contributed by atoms with E-state index in [1.807, 2.05) is 19.1 Å². The van der Waals surface area contributed by atoms with Crippen LogP contribution in [0, 0.1) is 0 Å². The number of aromatic amines is 1. The Morgan fingerprint density at radius 2 is 2.00 bits per heavy atom. The van der Waals surface area contributed by atoms with Crippen LogP contribution in [0.3, 0.4) is 0 Å². The summed E-state index contributed by atoms with van der Waals surface area (Å²) >= 11 is 6.02. The fourth-order valence-corrected chi connectivity index (χ4v) is 2.79. The number of fused-ring (bicyclic) bond motifs is 1. The summed E-state index contributed by atoms with van der Waals surface area (Å²) in [5.74, 6) is -0.496. The number of carbonyl (C=O) groups is 1. The molecule has 1 aromatic heterocycles. The molecule has 4 N–H and O–H groups in total. The van der Waals surface area contributed by atoms with Crippen LogP contribution in [0.5, 0.6) is 0 Å². The second kappa shape index (κ2) is 6.37. The molecule has 3 rings (SSSR count). The molecule has 0 radical (unpaired) electrons. The maximum absolute atomic E-state index is 12.3. The first-order chi connectivity index (χ1) is 11.4. The van der Waals surface area contributed by atoms with Gasteiger partial charge in [0.15, 0.2) is 0 Å². The largest absolute Gasteiger partial charge is 0.378 e. The van der Waals surface area contributed by atoms with Crippen molar-refractivity contribution in [1.29, 1.82) is 0 Å². The molecule has 0 saturated carbocycles. The lowest BCUT2D eigenvalue weighted by atomic mass is 10.1. The van der Waals surface area contributed by atoms with Crippen molar-refractivity contribution in [2.75, 3.05) is 5.32 Å². The minimum Gasteiger partial charge on any atom is -0.378 e. The molecule has 0 fully saturated rings. The van der Waals surface area contributed by atoms with Gasteiger partial charge in [0, 0.05) is 32.7 Å². The van der Waals surface area contributed by atoms with Crippen molar-refractivity contribution < 1.29 is 4.79 Å². The number of primary amides is 1. The van der Waals surface area contributed by atoms with Gasteiger partial charge >= 0.3 is 0 Å². The van der Waals surface area contributed by atoms with E-state index in [9.17, 15) is 9.59 Å². The van der Waals surface area contributed by atoms with Crippen LogP contribution < -0.4 is 16.6 Å². The maximum atomic E-state index is 12.3. The fourth-order valence-electron chi connectivity index (χ4n) is 2.61. The molecule has 2 aromatic carbocycles. The van der Waals surface area contributed by atoms with Crippen LogP contribution in [0.4, 0.5) is 5.69 Å². The van der Waals surface area contributed by atoms with Gasteiger partial charge in [0.05, 0.1) is 6.04 Å². The zero-order chi connectivity index (χ0) is 17.3. The van der Waals surface area contributed by atoms with Gasteiger partial charge in [-0.05, 0) is 49.4 Å². The summed E-state index contributed by atoms with van der Waals surface area (Å²) in [5, 5.41) is 4.68. The normalized spacial score (nSPS) is 12.1. The van der Waals surface area contributed by atoms with Gasteiger partial charge in [-0.15, -0.1) is 0 Å². The second-order valence-corrected chi connectivity index (χ2v) is 6.03. The summed E-state index contributed by atoms with van der Waals surface area (Å²) in [4.78, 5) is 26.4. The summed E-state index contributed by atoms with van der Waals surface area (Å²) in [6, 6.07) is 13.7. The number of nitrogens with two attached hydrogens (primary N) is 1. The lowest BCUT2D eigenvalue weighted by Crippen LogP contribution is -2.19. The number of benzene rings is 2. The van der Waals surface area contributed by atoms with Crippen molar-refractivity contribution >= 4 is 34.1 Å². The van der Waals surface area contributed by atoms with Crippen molar-refractivity contribution in [2.45, 2.75) is 13.0 Å². The van der Waals surface area contributed by atoms with E-state index >= 15 is 0 Å². The van der Waals surface area contributed by atoms with E-state index in [2.05, 4.69) is 10.3 Å². The Balaban J connectivity index is 1.95. The van der Waals surface area contributed by atoms with Crippen LogP contribution >= 0.6 is 11.6 Å². The third kappa shape index (κ3) is 3.26. The maximum Gasteiger partial charge on any atom is 0.253 e. The number of pyridine rings is 1. The molecular formula is C18H16ClN3O2. The number of hydrogen-bond acceptors (Lipinski definition) is 3. The van der Waals surface area contributed by atoms with Gasteiger partial charge in [0.25, 0.3) is 5.56 Å². The van der Waals surface area contributed by atoms with Gasteiger partial charge in [-0.25, -0.2) is 0 Å². The zero-order valence-electron chi connectivity index (χ0n) is 13.0. The van der Waals surface area contributed by atoms with Crippen LogP contribution in [0.25, 0.3) is 10.9 Å². The first-order valence-corrected chi connectivity index (χ1v) is 7.81. The van der Waals surface area contributed by atoms with Gasteiger partial charge in [-0.2, -0.15) is 0 Å². The predicted molar refractivity (Wildman–Crippen MR) is 96.6 cm³/mol. The van der Waals surface area contributed by atoms with E-state index in [-0.39, 0.29) is 11.6 Å². The summed E-state index contributed by atoms with van der Waals surface area (Å²) in [7, 11) is 0. The highest BCUT2D eigenvalue weighted by Gasteiger charge is 2.12. The number of anilines is 1. The van der Waals surface area contributed by atoms with Crippen LogP contribution in [0.2, 0.25) is 5.02 Å². The molecule has 5 nitrogen and oxygen atoms in total. The molecule has 0 bridgehead atoms. The minimum atomic E-state index is -0.496. The van der Waals surface area contributed by atoms with Gasteiger partial charge in [0.2, 0.25) is 5.91 Å². The molecule has 1 atom stereocenters. The Bertz CT molecular complexity index is 981. The highest BCUT2D eigenvalue weighted by atomic mass is 35.5. The van der Waals surface area contributed by atoms with E-state index in [0.29, 0.717) is 21.8 Å². The van der Waals surface area contributed by atoms with Crippen LogP contribution in [0.1, 0.15) is 28.9 Å². The van der Waals surface area contributed by atoms with Gasteiger partial charge < -0.3 is 16.0 Å². The lowest BCUT2D eigenvalue weighted by Gasteiger charge is -2.16. The smallest absolute Gasteiger partial charge is 0.253 e. The van der Waals surface area contributed by atoms with E-state index < -0.39 is 5.91 Å². The third-order valence-electron chi connectivity index (χ3n) is 3.83. The molecular weight excluding hydrogens is 326 g/mol. The highest BCUT2D eigenvalue weighted by molar-refractivity contribution is 6.31. The summed E-state index contributed by atoms with van der Waals surface area (Å²) in [5.41, 5.74) is 7.55. The second-order valence-electron chi connectivity index (χ2n) is 5.60. The molecule has 24 heavy (non-hydrogen) atoms. The Morgan fingerprint density at radius 3 is 2.75 bits per heavy atom. The first kappa shape index (κ1) is 16.1. The average molecular weight is 342 g/mol. The molecule has 3 aromatic rings. The van der Waals surface area contributed by atoms with Gasteiger partial charge in [0.1, 0.15) is 0 Å². The standard InChI is InChI=1S/C18H16ClN3O2/c1-10(21-14-4-2-3-11(8-14)17(20)23)15-9-12-7-13(19)5-6-16(12)22-18(15)24/h2-10,21H,1H3,(H2,20,23)(H,22,24)/t10-/m0/s1. The molecule has 0 unspecified atom stereocenters. The minimum absolute atomic E-state index is 0.170. The van der Waals surface area contributed by atoms with E-state index in [4.69, 9.17) is 17.3 Å². The Labute approximate surface area is 143 Å². The molecule has 0 aliphatic rings. The van der Waals surface area contributed by atoms with Crippen molar-refractivity contribution in [3.8, 4) is 0 Å². The predicted octanol–water partition coefficient (Wildman–Crippen LogP) is 3.45. The monoisotopic (exact) mass is 341 g/mol. The molecule has 0 aliphatic carbocycles. The molecule has 0 saturated heterocycles. The van der Waals surface area contributed by atoms with Crippen LogP contribution in [-0.4, -0.2) is 10.9 Å². The SMILES string of the molecule is C[C@H](Nc1cccc(C(N)=O)c1)c1cc2cc(Cl)ccc2[nH]c1=O. The molecule has 6 heteroatoms. The lowest BCUT2D eigenvalue weighted by molar-refractivity contribution is 0.100. The van der Waals surface area contributed by atoms with Gasteiger partial charge in [-0.1, -0.05) is 17.7 Å². The van der Waals surface area contributed by atoms with Crippen molar-refractivity contribution in [2.24, 2.45) is 5.73 Å². The first-order valence-electron chi connectivity index (χ1n) is 7.43. The molecule has 0 spiro atoms. The van der Waals surface area contributed by atoms with E-state index in [1.165, 1.54) is 0 Å². The van der Waals surface area contributed by atoms with Crippen LogP contribution in [-0.2, 0) is 0 Å². The van der Waals surface area contributed by atoms with E-state index in [1.54, 1.807) is 36.4 Å². The summed E-state index contributed by atoms with van der Waals surface area (Å²) in [6.45, 7) is 1.87. The quantitative estimate of drug-likeness (QED) is 0.679. The Kier molecular flexibility index (Phi) is 4.27. The zero-order valence-corrected chi connectivity index (χ0v) is 13.7. The molecule has 0 aliphatic heterocycles. The fraction of sp³-hybridized carbons (Fsp3) is 0.111.